The Morgan fingerprint density at radius 1 is 1.33 bits per heavy atom. The molecule has 1 heterocycles. The van der Waals surface area contributed by atoms with Crippen molar-refractivity contribution in [3.05, 3.63) is 52.2 Å². The van der Waals surface area contributed by atoms with Crippen LogP contribution in [0.1, 0.15) is 15.2 Å². The molecule has 0 atom stereocenters. The van der Waals surface area contributed by atoms with Gasteiger partial charge < -0.3 is 10.6 Å². The van der Waals surface area contributed by atoms with Crippen LogP contribution in [0.2, 0.25) is 0 Å². The predicted molar refractivity (Wildman–Crippen MR) is 75.8 cm³/mol. The molecule has 2 aromatic rings. The Kier molecular flexibility index (Phi) is 3.99. The molecule has 2 N–H and O–H groups in total. The number of likely N-dealkylation sites (N-methyl/N-ethyl adjacent to an activating group) is 1. The SMILES string of the molecule is CN(CCc1cccc(N)c1)C(=O)c1cccs1. The van der Waals surface area contributed by atoms with Gasteiger partial charge in [0.25, 0.3) is 5.91 Å². The van der Waals surface area contributed by atoms with Crippen molar-refractivity contribution in [2.24, 2.45) is 0 Å². The highest BCUT2D eigenvalue weighted by atomic mass is 32.1. The Morgan fingerprint density at radius 3 is 2.83 bits per heavy atom. The lowest BCUT2D eigenvalue weighted by molar-refractivity contribution is 0.0801. The molecule has 0 saturated heterocycles. The molecule has 0 unspecified atom stereocenters. The maximum atomic E-state index is 12.0. The Hall–Kier alpha value is -1.81. The first-order valence-corrected chi connectivity index (χ1v) is 6.68. The van der Waals surface area contributed by atoms with Crippen LogP contribution in [0, 0.1) is 0 Å². The topological polar surface area (TPSA) is 46.3 Å². The zero-order valence-corrected chi connectivity index (χ0v) is 11.1. The molecule has 0 saturated carbocycles. The fourth-order valence-corrected chi connectivity index (χ4v) is 2.45. The molecule has 18 heavy (non-hydrogen) atoms. The van der Waals surface area contributed by atoms with Gasteiger partial charge in [-0.25, -0.2) is 0 Å². The Labute approximate surface area is 111 Å². The number of nitrogens with zero attached hydrogens (tertiary/aromatic N) is 1. The van der Waals surface area contributed by atoms with Crippen LogP contribution in [0.3, 0.4) is 0 Å². The van der Waals surface area contributed by atoms with Gasteiger partial charge in [-0.15, -0.1) is 11.3 Å². The molecule has 3 nitrogen and oxygen atoms in total. The van der Waals surface area contributed by atoms with E-state index in [9.17, 15) is 4.79 Å². The van der Waals surface area contributed by atoms with Crippen molar-refractivity contribution in [3.63, 3.8) is 0 Å². The summed E-state index contributed by atoms with van der Waals surface area (Å²) in [5, 5.41) is 1.92. The Balaban J connectivity index is 1.92. The van der Waals surface area contributed by atoms with Gasteiger partial charge in [0, 0.05) is 19.3 Å². The molecular formula is C14H16N2OS. The molecule has 0 aliphatic heterocycles. The van der Waals surface area contributed by atoms with Gasteiger partial charge >= 0.3 is 0 Å². The van der Waals surface area contributed by atoms with E-state index in [1.54, 1.807) is 4.90 Å². The number of nitrogens with two attached hydrogens (primary N) is 1. The third kappa shape index (κ3) is 3.11. The summed E-state index contributed by atoms with van der Waals surface area (Å²) in [5.74, 6) is 0.0777. The highest BCUT2D eigenvalue weighted by Gasteiger charge is 2.11. The molecule has 1 aromatic carbocycles. The van der Waals surface area contributed by atoms with Gasteiger partial charge in [-0.3, -0.25) is 4.79 Å². The Bertz CT molecular complexity index is 522. The fourth-order valence-electron chi connectivity index (χ4n) is 1.74. The predicted octanol–water partition coefficient (Wildman–Crippen LogP) is 2.65. The molecule has 2 rings (SSSR count). The second-order valence-corrected chi connectivity index (χ2v) is 5.15. The molecule has 0 spiro atoms. The lowest BCUT2D eigenvalue weighted by Gasteiger charge is -2.16. The third-order valence-corrected chi connectivity index (χ3v) is 3.62. The highest BCUT2D eigenvalue weighted by Crippen LogP contribution is 2.12. The summed E-state index contributed by atoms with van der Waals surface area (Å²) in [6, 6.07) is 11.5. The molecule has 0 aliphatic carbocycles. The number of amides is 1. The smallest absolute Gasteiger partial charge is 0.263 e. The number of hydrogen-bond donors (Lipinski definition) is 1. The molecule has 1 amide bonds. The summed E-state index contributed by atoms with van der Waals surface area (Å²) in [6.45, 7) is 0.695. The van der Waals surface area contributed by atoms with E-state index in [4.69, 9.17) is 5.73 Å². The fraction of sp³-hybridized carbons (Fsp3) is 0.214. The first kappa shape index (κ1) is 12.6. The van der Waals surface area contributed by atoms with Crippen LogP contribution in [0.15, 0.2) is 41.8 Å². The minimum absolute atomic E-state index is 0.0777. The molecule has 0 fully saturated rings. The van der Waals surface area contributed by atoms with Crippen LogP contribution in [-0.4, -0.2) is 24.4 Å². The van der Waals surface area contributed by atoms with Crippen molar-refractivity contribution in [1.29, 1.82) is 0 Å². The molecule has 0 bridgehead atoms. The minimum Gasteiger partial charge on any atom is -0.399 e. The highest BCUT2D eigenvalue weighted by molar-refractivity contribution is 7.12. The summed E-state index contributed by atoms with van der Waals surface area (Å²) < 4.78 is 0. The first-order valence-electron chi connectivity index (χ1n) is 5.80. The van der Waals surface area contributed by atoms with E-state index in [0.29, 0.717) is 6.54 Å². The molecular weight excluding hydrogens is 244 g/mol. The third-order valence-electron chi connectivity index (χ3n) is 2.77. The van der Waals surface area contributed by atoms with Crippen molar-refractivity contribution in [1.82, 2.24) is 4.90 Å². The van der Waals surface area contributed by atoms with E-state index >= 15 is 0 Å². The number of anilines is 1. The number of carbonyl (C=O) groups is 1. The van der Waals surface area contributed by atoms with Crippen LogP contribution >= 0.6 is 11.3 Å². The molecule has 0 aliphatic rings. The minimum atomic E-state index is 0.0777. The van der Waals surface area contributed by atoms with Crippen molar-refractivity contribution in [2.45, 2.75) is 6.42 Å². The number of rotatable bonds is 4. The van der Waals surface area contributed by atoms with Gasteiger partial charge in [-0.1, -0.05) is 18.2 Å². The zero-order chi connectivity index (χ0) is 13.0. The van der Waals surface area contributed by atoms with Gasteiger partial charge in [-0.2, -0.15) is 0 Å². The van der Waals surface area contributed by atoms with Crippen molar-refractivity contribution >= 4 is 22.9 Å². The van der Waals surface area contributed by atoms with Crippen LogP contribution in [0.25, 0.3) is 0 Å². The van der Waals surface area contributed by atoms with Gasteiger partial charge in [0.15, 0.2) is 0 Å². The van der Waals surface area contributed by atoms with E-state index in [1.165, 1.54) is 11.3 Å². The number of carbonyl (C=O) groups excluding carboxylic acids is 1. The van der Waals surface area contributed by atoms with Crippen molar-refractivity contribution in [3.8, 4) is 0 Å². The number of nitrogen functional groups attached to an aromatic ring is 1. The van der Waals surface area contributed by atoms with Crippen LogP contribution in [0.5, 0.6) is 0 Å². The van der Waals surface area contributed by atoms with Crippen LogP contribution in [-0.2, 0) is 6.42 Å². The number of hydrogen-bond acceptors (Lipinski definition) is 3. The number of thiophene rings is 1. The first-order chi connectivity index (χ1) is 8.66. The summed E-state index contributed by atoms with van der Waals surface area (Å²) in [4.78, 5) is 14.5. The van der Waals surface area contributed by atoms with Crippen LogP contribution in [0.4, 0.5) is 5.69 Å². The summed E-state index contributed by atoms with van der Waals surface area (Å²) >= 11 is 1.47. The van der Waals surface area contributed by atoms with E-state index in [-0.39, 0.29) is 5.91 Å². The Morgan fingerprint density at radius 2 is 2.17 bits per heavy atom. The van der Waals surface area contributed by atoms with Gasteiger partial charge in [-0.05, 0) is 35.6 Å². The maximum absolute atomic E-state index is 12.0. The van der Waals surface area contributed by atoms with E-state index in [2.05, 4.69) is 0 Å². The maximum Gasteiger partial charge on any atom is 0.263 e. The second-order valence-electron chi connectivity index (χ2n) is 4.20. The molecule has 4 heteroatoms. The van der Waals surface area contributed by atoms with Crippen molar-refractivity contribution < 1.29 is 4.79 Å². The standard InChI is InChI=1S/C14H16N2OS/c1-16(14(17)13-6-3-9-18-13)8-7-11-4-2-5-12(15)10-11/h2-6,9-10H,7-8,15H2,1H3. The zero-order valence-electron chi connectivity index (χ0n) is 10.3. The average Bonchev–Trinajstić information content (AvgIpc) is 2.89. The van der Waals surface area contributed by atoms with Gasteiger partial charge in [0.05, 0.1) is 4.88 Å². The molecule has 1 aromatic heterocycles. The monoisotopic (exact) mass is 260 g/mol. The second kappa shape index (κ2) is 5.69. The lowest BCUT2D eigenvalue weighted by Crippen LogP contribution is -2.28. The molecule has 0 radical (unpaired) electrons. The summed E-state index contributed by atoms with van der Waals surface area (Å²) in [5.41, 5.74) is 7.64. The normalized spacial score (nSPS) is 10.3. The number of benzene rings is 1. The largest absolute Gasteiger partial charge is 0.399 e. The van der Waals surface area contributed by atoms with Gasteiger partial charge in [0.2, 0.25) is 0 Å². The van der Waals surface area contributed by atoms with Crippen molar-refractivity contribution in [2.75, 3.05) is 19.3 Å². The lowest BCUT2D eigenvalue weighted by atomic mass is 10.1. The average molecular weight is 260 g/mol. The summed E-state index contributed by atoms with van der Waals surface area (Å²) in [6.07, 6.45) is 0.818. The quantitative estimate of drug-likeness (QED) is 0.859. The van der Waals surface area contributed by atoms with E-state index < -0.39 is 0 Å². The molecule has 94 valence electrons. The van der Waals surface area contributed by atoms with E-state index in [1.807, 2.05) is 48.8 Å². The summed E-state index contributed by atoms with van der Waals surface area (Å²) in [7, 11) is 1.83. The van der Waals surface area contributed by atoms with Crippen LogP contribution < -0.4 is 5.73 Å². The van der Waals surface area contributed by atoms with E-state index in [0.717, 1.165) is 22.5 Å². The van der Waals surface area contributed by atoms with Gasteiger partial charge in [0.1, 0.15) is 0 Å².